The van der Waals surface area contributed by atoms with E-state index in [1.807, 2.05) is 6.20 Å². The van der Waals surface area contributed by atoms with E-state index in [1.54, 1.807) is 0 Å². The van der Waals surface area contributed by atoms with E-state index < -0.39 is 0 Å². The maximum absolute atomic E-state index is 5.30. The molecule has 0 aromatic rings. The molecule has 0 aliphatic carbocycles. The van der Waals surface area contributed by atoms with Gasteiger partial charge in [0.15, 0.2) is 0 Å². The van der Waals surface area contributed by atoms with Crippen LogP contribution in [0.15, 0.2) is 12.3 Å². The molecule has 1 saturated heterocycles. The first-order chi connectivity index (χ1) is 3.97. The van der Waals surface area contributed by atoms with Crippen LogP contribution in [0.25, 0.3) is 0 Å². The molecule has 8 heavy (non-hydrogen) atoms. The van der Waals surface area contributed by atoms with E-state index >= 15 is 0 Å². The van der Waals surface area contributed by atoms with Crippen LogP contribution in [-0.4, -0.2) is 12.8 Å². The third-order valence-electron chi connectivity index (χ3n) is 1.74. The average molecular weight is 111 g/mol. The second kappa shape index (κ2) is 1.49. The number of hydrogen-bond donors (Lipinski definition) is 1. The quantitative estimate of drug-likeness (QED) is 0.490. The van der Waals surface area contributed by atoms with Crippen molar-refractivity contribution in [2.24, 2.45) is 5.92 Å². The van der Waals surface area contributed by atoms with E-state index in [4.69, 9.17) is 4.74 Å². The van der Waals surface area contributed by atoms with Crippen molar-refractivity contribution < 1.29 is 4.74 Å². The second-order valence-electron chi connectivity index (χ2n) is 2.27. The Morgan fingerprint density at radius 1 is 1.62 bits per heavy atom. The Hall–Kier alpha value is -0.500. The Morgan fingerprint density at radius 2 is 2.62 bits per heavy atom. The molecule has 0 amide bonds. The maximum atomic E-state index is 5.30. The lowest BCUT2D eigenvalue weighted by Gasteiger charge is -2.06. The fourth-order valence-electron chi connectivity index (χ4n) is 1.25. The van der Waals surface area contributed by atoms with Crippen LogP contribution in [0.5, 0.6) is 0 Å². The van der Waals surface area contributed by atoms with Crippen molar-refractivity contribution in [3.8, 4) is 0 Å². The first-order valence-electron chi connectivity index (χ1n) is 3.01. The third kappa shape index (κ3) is 0.464. The summed E-state index contributed by atoms with van der Waals surface area (Å²) >= 11 is 0. The highest BCUT2D eigenvalue weighted by molar-refractivity contribution is 5.00. The topological polar surface area (TPSA) is 21.3 Å². The molecule has 0 radical (unpaired) electrons. The van der Waals surface area contributed by atoms with Crippen molar-refractivity contribution in [2.45, 2.75) is 12.6 Å². The summed E-state index contributed by atoms with van der Waals surface area (Å²) in [5.74, 6) is 0.662. The van der Waals surface area contributed by atoms with Crippen molar-refractivity contribution in [1.29, 1.82) is 0 Å². The first kappa shape index (κ1) is 4.39. The highest BCUT2D eigenvalue weighted by atomic mass is 16.5. The van der Waals surface area contributed by atoms with Gasteiger partial charge < -0.3 is 10.1 Å². The minimum absolute atomic E-state index is 0.315. The molecule has 2 rings (SSSR count). The highest BCUT2D eigenvalue weighted by Gasteiger charge is 2.27. The summed E-state index contributed by atoms with van der Waals surface area (Å²) in [6.07, 6.45) is 5.66. The Bertz CT molecular complexity index is 122. The van der Waals surface area contributed by atoms with Crippen LogP contribution < -0.4 is 5.32 Å². The van der Waals surface area contributed by atoms with Gasteiger partial charge in [-0.1, -0.05) is 6.08 Å². The molecular weight excluding hydrogens is 102 g/mol. The molecule has 2 aliphatic heterocycles. The molecule has 2 heteroatoms. The molecule has 0 spiro atoms. The minimum Gasteiger partial charge on any atom is -0.366 e. The van der Waals surface area contributed by atoms with Gasteiger partial charge in [-0.05, 0) is 12.6 Å². The van der Waals surface area contributed by atoms with Crippen LogP contribution in [0, 0.1) is 5.92 Å². The molecule has 2 aliphatic rings. The summed E-state index contributed by atoms with van der Waals surface area (Å²) in [6.45, 7) is 0.923. The Kier molecular flexibility index (Phi) is 0.815. The number of ether oxygens (including phenoxy) is 1. The largest absolute Gasteiger partial charge is 0.366 e. The average Bonchev–Trinajstić information content (AvgIpc) is 2.15. The molecule has 1 N–H and O–H groups in total. The molecule has 0 saturated carbocycles. The van der Waals surface area contributed by atoms with Crippen LogP contribution in [0.4, 0.5) is 0 Å². The molecule has 0 aromatic heterocycles. The molecule has 44 valence electrons. The normalized spacial score (nSPS) is 42.0. The molecule has 2 heterocycles. The first-order valence-corrected chi connectivity index (χ1v) is 3.01. The van der Waals surface area contributed by atoms with Gasteiger partial charge in [0.25, 0.3) is 0 Å². The summed E-state index contributed by atoms with van der Waals surface area (Å²) in [6, 6.07) is 0. The lowest BCUT2D eigenvalue weighted by molar-refractivity contribution is 0.0895. The number of rotatable bonds is 0. The molecule has 0 aromatic carbocycles. The summed E-state index contributed by atoms with van der Waals surface area (Å²) in [5, 5.41) is 3.12. The van der Waals surface area contributed by atoms with Crippen LogP contribution in [0.3, 0.4) is 0 Å². The lowest BCUT2D eigenvalue weighted by atomic mass is 10.1. The van der Waals surface area contributed by atoms with Crippen molar-refractivity contribution >= 4 is 0 Å². The molecule has 2 atom stereocenters. The second-order valence-corrected chi connectivity index (χ2v) is 2.27. The minimum atomic E-state index is 0.315. The monoisotopic (exact) mass is 111 g/mol. The van der Waals surface area contributed by atoms with Gasteiger partial charge in [-0.3, -0.25) is 0 Å². The van der Waals surface area contributed by atoms with Crippen LogP contribution in [0.2, 0.25) is 0 Å². The molecular formula is C6H9NO. The van der Waals surface area contributed by atoms with Crippen LogP contribution >= 0.6 is 0 Å². The van der Waals surface area contributed by atoms with E-state index in [0.29, 0.717) is 12.1 Å². The Balaban J connectivity index is 2.13. The molecule has 2 nitrogen and oxygen atoms in total. The van der Waals surface area contributed by atoms with E-state index in [-0.39, 0.29) is 0 Å². The van der Waals surface area contributed by atoms with Gasteiger partial charge in [0.2, 0.25) is 0 Å². The standard InChI is InChI=1S/C6H9NO/c1-3-7-6-5(1)2-4-8-6/h1,3,5-7H,2,4H2. The SMILES string of the molecule is C1=CC2CCOC2N1. The summed E-state index contributed by atoms with van der Waals surface area (Å²) in [7, 11) is 0. The van der Waals surface area contributed by atoms with E-state index in [0.717, 1.165) is 6.61 Å². The zero-order chi connectivity index (χ0) is 5.40. The number of nitrogens with one attached hydrogen (secondary N) is 1. The van der Waals surface area contributed by atoms with Gasteiger partial charge in [0, 0.05) is 12.5 Å². The lowest BCUT2D eigenvalue weighted by Crippen LogP contribution is -2.22. The van der Waals surface area contributed by atoms with Crippen molar-refractivity contribution in [3.63, 3.8) is 0 Å². The predicted molar refractivity (Wildman–Crippen MR) is 30.1 cm³/mol. The summed E-state index contributed by atoms with van der Waals surface area (Å²) in [5.41, 5.74) is 0. The molecule has 0 bridgehead atoms. The van der Waals surface area contributed by atoms with Crippen LogP contribution in [-0.2, 0) is 4.74 Å². The smallest absolute Gasteiger partial charge is 0.133 e. The van der Waals surface area contributed by atoms with E-state index in [2.05, 4.69) is 11.4 Å². The third-order valence-corrected chi connectivity index (χ3v) is 1.74. The van der Waals surface area contributed by atoms with Crippen molar-refractivity contribution in [3.05, 3.63) is 12.3 Å². The van der Waals surface area contributed by atoms with Gasteiger partial charge in [-0.15, -0.1) is 0 Å². The summed E-state index contributed by atoms with van der Waals surface area (Å²) < 4.78 is 5.30. The zero-order valence-electron chi connectivity index (χ0n) is 4.63. The molecule has 2 unspecified atom stereocenters. The number of hydrogen-bond acceptors (Lipinski definition) is 2. The Labute approximate surface area is 48.5 Å². The van der Waals surface area contributed by atoms with Gasteiger partial charge >= 0.3 is 0 Å². The fraction of sp³-hybridized carbons (Fsp3) is 0.667. The van der Waals surface area contributed by atoms with Crippen molar-refractivity contribution in [2.75, 3.05) is 6.61 Å². The van der Waals surface area contributed by atoms with E-state index in [1.165, 1.54) is 6.42 Å². The van der Waals surface area contributed by atoms with Gasteiger partial charge in [-0.25, -0.2) is 0 Å². The number of fused-ring (bicyclic) bond motifs is 1. The fourth-order valence-corrected chi connectivity index (χ4v) is 1.25. The van der Waals surface area contributed by atoms with Gasteiger partial charge in [0.1, 0.15) is 6.23 Å². The molecule has 1 fully saturated rings. The van der Waals surface area contributed by atoms with Gasteiger partial charge in [0.05, 0.1) is 0 Å². The zero-order valence-corrected chi connectivity index (χ0v) is 4.63. The van der Waals surface area contributed by atoms with Crippen LogP contribution in [0.1, 0.15) is 6.42 Å². The highest BCUT2D eigenvalue weighted by Crippen LogP contribution is 2.23. The predicted octanol–water partition coefficient (Wildman–Crippen LogP) is 0.466. The maximum Gasteiger partial charge on any atom is 0.133 e. The van der Waals surface area contributed by atoms with Crippen molar-refractivity contribution in [1.82, 2.24) is 5.32 Å². The Morgan fingerprint density at radius 3 is 3.50 bits per heavy atom. The summed E-state index contributed by atoms with van der Waals surface area (Å²) in [4.78, 5) is 0. The van der Waals surface area contributed by atoms with Gasteiger partial charge in [-0.2, -0.15) is 0 Å². The van der Waals surface area contributed by atoms with E-state index in [9.17, 15) is 0 Å².